The highest BCUT2D eigenvalue weighted by Crippen LogP contribution is 2.31. The number of amides is 1. The third-order valence-corrected chi connectivity index (χ3v) is 5.12. The molecule has 0 aliphatic heterocycles. The van der Waals surface area contributed by atoms with E-state index in [9.17, 15) is 4.79 Å². The Morgan fingerprint density at radius 1 is 1.21 bits per heavy atom. The van der Waals surface area contributed by atoms with Crippen molar-refractivity contribution in [3.05, 3.63) is 65.2 Å². The van der Waals surface area contributed by atoms with Crippen LogP contribution in [0.25, 0.3) is 0 Å². The summed E-state index contributed by atoms with van der Waals surface area (Å²) in [5.74, 6) is 0.232. The van der Waals surface area contributed by atoms with Crippen LogP contribution in [0, 0.1) is 0 Å². The average molecular weight is 322 g/mol. The van der Waals surface area contributed by atoms with E-state index in [1.807, 2.05) is 31.2 Å². The largest absolute Gasteiger partial charge is 0.399 e. The fourth-order valence-corrected chi connectivity index (χ4v) is 3.80. The molecule has 3 nitrogen and oxygen atoms in total. The molecular weight excluding hydrogens is 296 g/mol. The van der Waals surface area contributed by atoms with Crippen molar-refractivity contribution in [3.63, 3.8) is 0 Å². The number of carbonyl (C=O) groups excluding carboxylic acids is 1. The Kier molecular flexibility index (Phi) is 4.89. The number of carbonyl (C=O) groups is 1. The zero-order valence-electron chi connectivity index (χ0n) is 14.5. The maximum atomic E-state index is 12.7. The second-order valence-corrected chi connectivity index (χ2v) is 6.67. The second kappa shape index (κ2) is 7.08. The number of nitrogen functional groups attached to an aromatic ring is 1. The van der Waals surface area contributed by atoms with Crippen LogP contribution < -0.4 is 5.73 Å². The van der Waals surface area contributed by atoms with Crippen LogP contribution in [0.2, 0.25) is 0 Å². The molecule has 2 aromatic carbocycles. The zero-order valence-corrected chi connectivity index (χ0v) is 14.5. The quantitative estimate of drug-likeness (QED) is 0.861. The molecule has 0 heterocycles. The van der Waals surface area contributed by atoms with E-state index in [0.717, 1.165) is 24.9 Å². The molecule has 0 bridgehead atoms. The number of fused-ring (bicyclic) bond motifs is 1. The van der Waals surface area contributed by atoms with Gasteiger partial charge in [0.1, 0.15) is 0 Å². The van der Waals surface area contributed by atoms with E-state index >= 15 is 0 Å². The Morgan fingerprint density at radius 2 is 1.96 bits per heavy atom. The molecule has 1 aliphatic rings. The molecule has 1 unspecified atom stereocenters. The van der Waals surface area contributed by atoms with Gasteiger partial charge in [0, 0.05) is 18.2 Å². The van der Waals surface area contributed by atoms with Crippen molar-refractivity contribution >= 4 is 11.6 Å². The number of aryl methyl sites for hydroxylation is 1. The van der Waals surface area contributed by atoms with Crippen molar-refractivity contribution < 1.29 is 4.79 Å². The van der Waals surface area contributed by atoms with Crippen molar-refractivity contribution in [2.45, 2.75) is 51.6 Å². The molecule has 0 fully saturated rings. The molecule has 0 aromatic heterocycles. The van der Waals surface area contributed by atoms with Gasteiger partial charge in [-0.25, -0.2) is 0 Å². The predicted octanol–water partition coefficient (Wildman–Crippen LogP) is 4.13. The van der Waals surface area contributed by atoms with E-state index in [-0.39, 0.29) is 18.0 Å². The minimum atomic E-state index is 0.0963. The molecule has 0 saturated carbocycles. The Bertz CT molecular complexity index is 711. The molecule has 0 spiro atoms. The fraction of sp³-hybridized carbons (Fsp3) is 0.381. The third kappa shape index (κ3) is 3.30. The standard InChI is InChI=1S/C21H26N2O/c1-3-21(24)23(15(2)16-7-5-4-6-8-16)20-12-10-17-13-19(22)11-9-18(17)14-20/h4-9,11,13,15,20H,3,10,12,14,22H2,1-2H3/t15-,20?/m1/s1. The molecule has 1 aliphatic carbocycles. The van der Waals surface area contributed by atoms with Crippen molar-refractivity contribution in [1.82, 2.24) is 4.90 Å². The summed E-state index contributed by atoms with van der Waals surface area (Å²) in [6, 6.07) is 16.8. The molecule has 2 aromatic rings. The second-order valence-electron chi connectivity index (χ2n) is 6.67. The van der Waals surface area contributed by atoms with Crippen molar-refractivity contribution in [3.8, 4) is 0 Å². The summed E-state index contributed by atoms with van der Waals surface area (Å²) in [7, 11) is 0. The minimum absolute atomic E-state index is 0.0963. The number of anilines is 1. The summed E-state index contributed by atoms with van der Waals surface area (Å²) in [6.45, 7) is 4.09. The number of benzene rings is 2. The first-order valence-corrected chi connectivity index (χ1v) is 8.83. The lowest BCUT2D eigenvalue weighted by atomic mass is 9.86. The van der Waals surface area contributed by atoms with Crippen LogP contribution in [0.15, 0.2) is 48.5 Å². The Morgan fingerprint density at radius 3 is 2.67 bits per heavy atom. The van der Waals surface area contributed by atoms with E-state index in [1.165, 1.54) is 16.7 Å². The van der Waals surface area contributed by atoms with Crippen molar-refractivity contribution in [2.24, 2.45) is 0 Å². The molecule has 126 valence electrons. The number of hydrogen-bond acceptors (Lipinski definition) is 2. The van der Waals surface area contributed by atoms with Gasteiger partial charge in [0.15, 0.2) is 0 Å². The molecule has 0 saturated heterocycles. The lowest BCUT2D eigenvalue weighted by Crippen LogP contribution is -2.44. The summed E-state index contributed by atoms with van der Waals surface area (Å²) in [4.78, 5) is 14.8. The van der Waals surface area contributed by atoms with E-state index in [0.29, 0.717) is 6.42 Å². The summed E-state index contributed by atoms with van der Waals surface area (Å²) in [5.41, 5.74) is 10.6. The van der Waals surface area contributed by atoms with Gasteiger partial charge in [0.2, 0.25) is 5.91 Å². The topological polar surface area (TPSA) is 46.3 Å². The molecule has 1 amide bonds. The molecule has 2 N–H and O–H groups in total. The number of nitrogens with two attached hydrogens (primary N) is 1. The SMILES string of the molecule is CCC(=O)N(C1CCc2cc(N)ccc2C1)[C@H](C)c1ccccc1. The monoisotopic (exact) mass is 322 g/mol. The molecule has 2 atom stereocenters. The zero-order chi connectivity index (χ0) is 17.1. The van der Waals surface area contributed by atoms with Crippen molar-refractivity contribution in [2.75, 3.05) is 5.73 Å². The Hall–Kier alpha value is -2.29. The highest BCUT2D eigenvalue weighted by atomic mass is 16.2. The van der Waals surface area contributed by atoms with Gasteiger partial charge in [-0.1, -0.05) is 43.3 Å². The summed E-state index contributed by atoms with van der Waals surface area (Å²) >= 11 is 0. The van der Waals surface area contributed by atoms with Crippen LogP contribution in [0.4, 0.5) is 5.69 Å². The first-order chi connectivity index (χ1) is 11.6. The van der Waals surface area contributed by atoms with Crippen LogP contribution in [0.1, 0.15) is 49.4 Å². The van der Waals surface area contributed by atoms with Gasteiger partial charge >= 0.3 is 0 Å². The molecular formula is C21H26N2O. The first-order valence-electron chi connectivity index (χ1n) is 8.83. The maximum Gasteiger partial charge on any atom is 0.223 e. The molecule has 24 heavy (non-hydrogen) atoms. The van der Waals surface area contributed by atoms with Gasteiger partial charge < -0.3 is 10.6 Å². The molecule has 0 radical (unpaired) electrons. The maximum absolute atomic E-state index is 12.7. The van der Waals surface area contributed by atoms with Gasteiger partial charge in [-0.3, -0.25) is 4.79 Å². The van der Waals surface area contributed by atoms with Crippen LogP contribution in [-0.2, 0) is 17.6 Å². The van der Waals surface area contributed by atoms with Gasteiger partial charge in [-0.2, -0.15) is 0 Å². The Balaban J connectivity index is 1.87. The normalized spacial score (nSPS) is 17.8. The predicted molar refractivity (Wildman–Crippen MR) is 98.7 cm³/mol. The number of rotatable bonds is 4. The minimum Gasteiger partial charge on any atom is -0.399 e. The van der Waals surface area contributed by atoms with Crippen LogP contribution in [0.5, 0.6) is 0 Å². The van der Waals surface area contributed by atoms with E-state index in [1.54, 1.807) is 0 Å². The van der Waals surface area contributed by atoms with E-state index in [2.05, 4.69) is 36.1 Å². The molecule has 3 heteroatoms. The van der Waals surface area contributed by atoms with Gasteiger partial charge in [0.25, 0.3) is 0 Å². The summed E-state index contributed by atoms with van der Waals surface area (Å²) in [5, 5.41) is 0. The highest BCUT2D eigenvalue weighted by Gasteiger charge is 2.31. The number of hydrogen-bond donors (Lipinski definition) is 1. The summed E-state index contributed by atoms with van der Waals surface area (Å²) < 4.78 is 0. The number of nitrogens with zero attached hydrogens (tertiary/aromatic N) is 1. The van der Waals surface area contributed by atoms with Crippen LogP contribution in [-0.4, -0.2) is 16.8 Å². The smallest absolute Gasteiger partial charge is 0.223 e. The van der Waals surface area contributed by atoms with Crippen LogP contribution in [0.3, 0.4) is 0 Å². The van der Waals surface area contributed by atoms with Crippen molar-refractivity contribution in [1.29, 1.82) is 0 Å². The summed E-state index contributed by atoms with van der Waals surface area (Å²) in [6.07, 6.45) is 3.44. The van der Waals surface area contributed by atoms with E-state index < -0.39 is 0 Å². The first kappa shape index (κ1) is 16.6. The highest BCUT2D eigenvalue weighted by molar-refractivity contribution is 5.77. The van der Waals surface area contributed by atoms with Gasteiger partial charge in [-0.15, -0.1) is 0 Å². The van der Waals surface area contributed by atoms with Gasteiger partial charge in [0.05, 0.1) is 6.04 Å². The lowest BCUT2D eigenvalue weighted by Gasteiger charge is -2.39. The molecule has 3 rings (SSSR count). The third-order valence-electron chi connectivity index (χ3n) is 5.12. The Labute approximate surface area is 144 Å². The fourth-order valence-electron chi connectivity index (χ4n) is 3.80. The average Bonchev–Trinajstić information content (AvgIpc) is 2.62. The van der Waals surface area contributed by atoms with Crippen LogP contribution >= 0.6 is 0 Å². The lowest BCUT2D eigenvalue weighted by molar-refractivity contribution is -0.136. The van der Waals surface area contributed by atoms with Gasteiger partial charge in [-0.05, 0) is 55.0 Å². The van der Waals surface area contributed by atoms with E-state index in [4.69, 9.17) is 5.73 Å².